The number of hydrogen-bond acceptors (Lipinski definition) is 2. The van der Waals surface area contributed by atoms with Crippen molar-refractivity contribution < 1.29 is 13.9 Å². The summed E-state index contributed by atoms with van der Waals surface area (Å²) in [5, 5.41) is 0. The molecule has 0 saturated carbocycles. The maximum atomic E-state index is 12.6. The molecule has 0 bridgehead atoms. The molecule has 0 radical (unpaired) electrons. The van der Waals surface area contributed by atoms with E-state index in [0.29, 0.717) is 13.0 Å². The summed E-state index contributed by atoms with van der Waals surface area (Å²) in [6, 6.07) is 5.95. The number of Topliss-reactive ketones (excluding diaryl/α,β-unsaturated/α-hetero) is 1. The molecule has 3 heteroatoms. The van der Waals surface area contributed by atoms with Crippen molar-refractivity contribution in [3.63, 3.8) is 0 Å². The highest BCUT2D eigenvalue weighted by Gasteiger charge is 2.03. The van der Waals surface area contributed by atoms with Gasteiger partial charge in [0.1, 0.15) is 12.4 Å². The first-order chi connectivity index (χ1) is 7.22. The van der Waals surface area contributed by atoms with Crippen molar-refractivity contribution in [1.29, 1.82) is 0 Å². The molecule has 0 unspecified atom stereocenters. The van der Waals surface area contributed by atoms with Gasteiger partial charge in [0.05, 0.1) is 0 Å². The monoisotopic (exact) mass is 210 g/mol. The lowest BCUT2D eigenvalue weighted by atomic mass is 10.1. The SMILES string of the molecule is CCCOCC(=O)Cc1ccc(F)cc1. The highest BCUT2D eigenvalue weighted by molar-refractivity contribution is 5.82. The summed E-state index contributed by atoms with van der Waals surface area (Å²) >= 11 is 0. The second kappa shape index (κ2) is 6.30. The minimum Gasteiger partial charge on any atom is -0.374 e. The van der Waals surface area contributed by atoms with E-state index in [1.54, 1.807) is 12.1 Å². The standard InChI is InChI=1S/C12H15FO2/c1-2-7-15-9-12(14)8-10-3-5-11(13)6-4-10/h3-6H,2,7-9H2,1H3. The Morgan fingerprint density at radius 2 is 2.00 bits per heavy atom. The second-order valence-electron chi connectivity index (χ2n) is 3.39. The van der Waals surface area contributed by atoms with E-state index in [1.165, 1.54) is 12.1 Å². The zero-order valence-electron chi connectivity index (χ0n) is 8.83. The fraction of sp³-hybridized carbons (Fsp3) is 0.417. The van der Waals surface area contributed by atoms with Gasteiger partial charge in [-0.05, 0) is 24.1 Å². The van der Waals surface area contributed by atoms with Crippen LogP contribution in [0, 0.1) is 5.82 Å². The summed E-state index contributed by atoms with van der Waals surface area (Å²) in [4.78, 5) is 11.4. The number of ketones is 1. The second-order valence-corrected chi connectivity index (χ2v) is 3.39. The largest absolute Gasteiger partial charge is 0.374 e. The summed E-state index contributed by atoms with van der Waals surface area (Å²) in [7, 11) is 0. The van der Waals surface area contributed by atoms with Crippen LogP contribution in [-0.2, 0) is 16.0 Å². The third-order valence-electron chi connectivity index (χ3n) is 1.93. The fourth-order valence-corrected chi connectivity index (χ4v) is 1.21. The first-order valence-corrected chi connectivity index (χ1v) is 5.06. The quantitative estimate of drug-likeness (QED) is 0.674. The van der Waals surface area contributed by atoms with Crippen LogP contribution in [0.4, 0.5) is 4.39 Å². The number of hydrogen-bond donors (Lipinski definition) is 0. The summed E-state index contributed by atoms with van der Waals surface area (Å²) in [5.74, 6) is -0.261. The summed E-state index contributed by atoms with van der Waals surface area (Å²) in [6.45, 7) is 2.74. The first-order valence-electron chi connectivity index (χ1n) is 5.06. The van der Waals surface area contributed by atoms with Gasteiger partial charge in [0.2, 0.25) is 0 Å². The average molecular weight is 210 g/mol. The molecule has 1 rings (SSSR count). The van der Waals surface area contributed by atoms with Crippen LogP contribution in [0.3, 0.4) is 0 Å². The Hall–Kier alpha value is -1.22. The van der Waals surface area contributed by atoms with Crippen LogP contribution in [0.1, 0.15) is 18.9 Å². The molecule has 15 heavy (non-hydrogen) atoms. The van der Waals surface area contributed by atoms with Crippen LogP contribution in [0.15, 0.2) is 24.3 Å². The van der Waals surface area contributed by atoms with Crippen molar-refractivity contribution in [3.05, 3.63) is 35.6 Å². The average Bonchev–Trinajstić information content (AvgIpc) is 2.22. The number of carbonyl (C=O) groups excluding carboxylic acids is 1. The highest BCUT2D eigenvalue weighted by Crippen LogP contribution is 2.04. The Bertz CT molecular complexity index is 306. The van der Waals surface area contributed by atoms with E-state index >= 15 is 0 Å². The lowest BCUT2D eigenvalue weighted by molar-refractivity contribution is -0.122. The van der Waals surface area contributed by atoms with E-state index in [0.717, 1.165) is 12.0 Å². The Morgan fingerprint density at radius 3 is 2.60 bits per heavy atom. The van der Waals surface area contributed by atoms with Crippen molar-refractivity contribution in [1.82, 2.24) is 0 Å². The van der Waals surface area contributed by atoms with Crippen molar-refractivity contribution in [2.75, 3.05) is 13.2 Å². The topological polar surface area (TPSA) is 26.3 Å². The predicted octanol–water partition coefficient (Wildman–Crippen LogP) is 2.36. The molecule has 0 aliphatic rings. The third-order valence-corrected chi connectivity index (χ3v) is 1.93. The minimum atomic E-state index is -0.284. The van der Waals surface area contributed by atoms with E-state index in [-0.39, 0.29) is 18.2 Å². The molecule has 0 spiro atoms. The molecule has 1 aromatic carbocycles. The van der Waals surface area contributed by atoms with Crippen LogP contribution in [0.25, 0.3) is 0 Å². The van der Waals surface area contributed by atoms with Crippen LogP contribution in [0.2, 0.25) is 0 Å². The van der Waals surface area contributed by atoms with Crippen LogP contribution in [-0.4, -0.2) is 19.0 Å². The number of ether oxygens (including phenoxy) is 1. The smallest absolute Gasteiger partial charge is 0.162 e. The van der Waals surface area contributed by atoms with Gasteiger partial charge in [-0.1, -0.05) is 19.1 Å². The Morgan fingerprint density at radius 1 is 1.33 bits per heavy atom. The lowest BCUT2D eigenvalue weighted by Gasteiger charge is -2.02. The molecule has 1 aromatic rings. The van der Waals surface area contributed by atoms with Gasteiger partial charge in [-0.25, -0.2) is 4.39 Å². The first kappa shape index (κ1) is 11.9. The van der Waals surface area contributed by atoms with Crippen LogP contribution < -0.4 is 0 Å². The van der Waals surface area contributed by atoms with E-state index in [4.69, 9.17) is 4.74 Å². The lowest BCUT2D eigenvalue weighted by Crippen LogP contribution is -2.11. The van der Waals surface area contributed by atoms with Gasteiger partial charge in [0.25, 0.3) is 0 Å². The molecule has 0 amide bonds. The number of rotatable bonds is 6. The molecule has 0 atom stereocenters. The van der Waals surface area contributed by atoms with E-state index in [9.17, 15) is 9.18 Å². The van der Waals surface area contributed by atoms with Gasteiger partial charge in [0, 0.05) is 13.0 Å². The number of benzene rings is 1. The van der Waals surface area contributed by atoms with Crippen molar-refractivity contribution in [2.24, 2.45) is 0 Å². The zero-order chi connectivity index (χ0) is 11.1. The van der Waals surface area contributed by atoms with Gasteiger partial charge < -0.3 is 4.74 Å². The summed E-state index contributed by atoms with van der Waals surface area (Å²) in [6.07, 6.45) is 1.22. The minimum absolute atomic E-state index is 0.0232. The van der Waals surface area contributed by atoms with Crippen LogP contribution >= 0.6 is 0 Å². The number of carbonyl (C=O) groups is 1. The maximum absolute atomic E-state index is 12.6. The van der Waals surface area contributed by atoms with Gasteiger partial charge >= 0.3 is 0 Å². The maximum Gasteiger partial charge on any atom is 0.162 e. The molecule has 0 aliphatic heterocycles. The molecular weight excluding hydrogens is 195 g/mol. The van der Waals surface area contributed by atoms with Crippen molar-refractivity contribution in [2.45, 2.75) is 19.8 Å². The summed E-state index contributed by atoms with van der Waals surface area (Å²) < 4.78 is 17.7. The van der Waals surface area contributed by atoms with Gasteiger partial charge in [0.15, 0.2) is 5.78 Å². The van der Waals surface area contributed by atoms with Gasteiger partial charge in [-0.2, -0.15) is 0 Å². The third kappa shape index (κ3) is 4.70. The molecule has 2 nitrogen and oxygen atoms in total. The van der Waals surface area contributed by atoms with Crippen molar-refractivity contribution >= 4 is 5.78 Å². The molecule has 0 heterocycles. The number of halogens is 1. The zero-order valence-corrected chi connectivity index (χ0v) is 8.83. The fourth-order valence-electron chi connectivity index (χ4n) is 1.21. The summed E-state index contributed by atoms with van der Waals surface area (Å²) in [5.41, 5.74) is 0.821. The Kier molecular flexibility index (Phi) is 4.98. The predicted molar refractivity (Wildman–Crippen MR) is 56.2 cm³/mol. The van der Waals surface area contributed by atoms with E-state index in [1.807, 2.05) is 6.92 Å². The molecule has 0 aliphatic carbocycles. The Balaban J connectivity index is 2.34. The Labute approximate surface area is 89.1 Å². The van der Waals surface area contributed by atoms with Gasteiger partial charge in [-0.3, -0.25) is 4.79 Å². The van der Waals surface area contributed by atoms with E-state index in [2.05, 4.69) is 0 Å². The van der Waals surface area contributed by atoms with Crippen molar-refractivity contribution in [3.8, 4) is 0 Å². The molecule has 0 aromatic heterocycles. The normalized spacial score (nSPS) is 10.3. The van der Waals surface area contributed by atoms with Gasteiger partial charge in [-0.15, -0.1) is 0 Å². The molecule has 82 valence electrons. The molecular formula is C12H15FO2. The van der Waals surface area contributed by atoms with E-state index < -0.39 is 0 Å². The highest BCUT2D eigenvalue weighted by atomic mass is 19.1. The van der Waals surface area contributed by atoms with Crippen LogP contribution in [0.5, 0.6) is 0 Å². The molecule has 0 N–H and O–H groups in total. The molecule has 0 fully saturated rings. The molecule has 0 saturated heterocycles.